The van der Waals surface area contributed by atoms with Crippen molar-refractivity contribution in [1.29, 1.82) is 0 Å². The second-order valence-electron chi connectivity index (χ2n) is 5.11. The number of hydrogen-bond acceptors (Lipinski definition) is 4. The summed E-state index contributed by atoms with van der Waals surface area (Å²) in [5.74, 6) is 0.812. The Bertz CT molecular complexity index is 464. The SMILES string of the molecule is COc1cccc(CN(C)C(=O)[C@@H]2CC[C@H](CN)O2)c1. The van der Waals surface area contributed by atoms with Crippen molar-refractivity contribution in [2.24, 2.45) is 5.73 Å². The molecular weight excluding hydrogens is 256 g/mol. The summed E-state index contributed by atoms with van der Waals surface area (Å²) in [5, 5.41) is 0. The third-order valence-electron chi connectivity index (χ3n) is 3.58. The van der Waals surface area contributed by atoms with E-state index in [2.05, 4.69) is 0 Å². The molecule has 1 aliphatic heterocycles. The lowest BCUT2D eigenvalue weighted by atomic mass is 10.1. The summed E-state index contributed by atoms with van der Waals surface area (Å²) in [6.07, 6.45) is 1.29. The summed E-state index contributed by atoms with van der Waals surface area (Å²) < 4.78 is 10.8. The Hall–Kier alpha value is -1.59. The molecule has 1 aromatic rings. The van der Waals surface area contributed by atoms with E-state index in [4.69, 9.17) is 15.2 Å². The lowest BCUT2D eigenvalue weighted by molar-refractivity contribution is -0.141. The maximum atomic E-state index is 12.3. The van der Waals surface area contributed by atoms with E-state index in [1.54, 1.807) is 19.1 Å². The number of nitrogens with two attached hydrogens (primary N) is 1. The fourth-order valence-electron chi connectivity index (χ4n) is 2.43. The van der Waals surface area contributed by atoms with Gasteiger partial charge in [-0.3, -0.25) is 4.79 Å². The van der Waals surface area contributed by atoms with Gasteiger partial charge in [0.1, 0.15) is 11.9 Å². The number of rotatable bonds is 5. The van der Waals surface area contributed by atoms with Crippen LogP contribution < -0.4 is 10.5 Å². The van der Waals surface area contributed by atoms with Gasteiger partial charge in [0, 0.05) is 20.1 Å². The molecule has 2 atom stereocenters. The highest BCUT2D eigenvalue weighted by atomic mass is 16.5. The molecule has 0 aromatic heterocycles. The molecule has 1 saturated heterocycles. The van der Waals surface area contributed by atoms with Crippen LogP contribution in [0.2, 0.25) is 0 Å². The smallest absolute Gasteiger partial charge is 0.251 e. The predicted molar refractivity (Wildman–Crippen MR) is 76.4 cm³/mol. The summed E-state index contributed by atoms with van der Waals surface area (Å²) >= 11 is 0. The van der Waals surface area contributed by atoms with E-state index in [0.717, 1.165) is 24.2 Å². The second-order valence-corrected chi connectivity index (χ2v) is 5.11. The lowest BCUT2D eigenvalue weighted by Crippen LogP contribution is -2.36. The first-order valence-electron chi connectivity index (χ1n) is 6.87. The number of hydrogen-bond donors (Lipinski definition) is 1. The zero-order chi connectivity index (χ0) is 14.5. The Morgan fingerprint density at radius 1 is 1.50 bits per heavy atom. The van der Waals surface area contributed by atoms with Crippen LogP contribution in [0.15, 0.2) is 24.3 Å². The van der Waals surface area contributed by atoms with Crippen molar-refractivity contribution in [3.63, 3.8) is 0 Å². The number of carbonyl (C=O) groups excluding carboxylic acids is 1. The molecule has 1 heterocycles. The molecule has 1 amide bonds. The summed E-state index contributed by atoms with van der Waals surface area (Å²) in [7, 11) is 3.42. The molecule has 0 radical (unpaired) electrons. The molecule has 1 aliphatic rings. The molecule has 2 N–H and O–H groups in total. The normalized spacial score (nSPS) is 21.8. The van der Waals surface area contributed by atoms with Crippen molar-refractivity contribution < 1.29 is 14.3 Å². The number of nitrogens with zero attached hydrogens (tertiary/aromatic N) is 1. The first kappa shape index (κ1) is 14.8. The van der Waals surface area contributed by atoms with Crippen LogP contribution in [0.1, 0.15) is 18.4 Å². The number of benzene rings is 1. The van der Waals surface area contributed by atoms with Crippen LogP contribution >= 0.6 is 0 Å². The molecule has 5 nitrogen and oxygen atoms in total. The zero-order valence-electron chi connectivity index (χ0n) is 12.0. The van der Waals surface area contributed by atoms with Crippen LogP contribution in [-0.2, 0) is 16.1 Å². The molecule has 0 bridgehead atoms. The fraction of sp³-hybridized carbons (Fsp3) is 0.533. The molecule has 0 saturated carbocycles. The van der Waals surface area contributed by atoms with Crippen molar-refractivity contribution in [3.8, 4) is 5.75 Å². The van der Waals surface area contributed by atoms with Gasteiger partial charge in [0.25, 0.3) is 5.91 Å². The van der Waals surface area contributed by atoms with Crippen molar-refractivity contribution in [2.45, 2.75) is 31.6 Å². The number of amides is 1. The van der Waals surface area contributed by atoms with Crippen molar-refractivity contribution in [2.75, 3.05) is 20.7 Å². The van der Waals surface area contributed by atoms with E-state index in [9.17, 15) is 4.79 Å². The summed E-state index contributed by atoms with van der Waals surface area (Å²) in [6.45, 7) is 1.02. The molecular formula is C15H22N2O3. The van der Waals surface area contributed by atoms with E-state index in [-0.39, 0.29) is 18.1 Å². The predicted octanol–water partition coefficient (Wildman–Crippen LogP) is 1.16. The van der Waals surface area contributed by atoms with Gasteiger partial charge in [-0.15, -0.1) is 0 Å². The minimum atomic E-state index is -0.348. The maximum absolute atomic E-state index is 12.3. The molecule has 1 aromatic carbocycles. The summed E-state index contributed by atoms with van der Waals surface area (Å²) in [5.41, 5.74) is 6.60. The van der Waals surface area contributed by atoms with Gasteiger partial charge >= 0.3 is 0 Å². The Labute approximate surface area is 119 Å². The van der Waals surface area contributed by atoms with Gasteiger partial charge in [0.2, 0.25) is 0 Å². The van der Waals surface area contributed by atoms with Crippen LogP contribution in [-0.4, -0.2) is 43.7 Å². The first-order valence-corrected chi connectivity index (χ1v) is 6.87. The Morgan fingerprint density at radius 3 is 2.95 bits per heavy atom. The van der Waals surface area contributed by atoms with Crippen molar-refractivity contribution >= 4 is 5.91 Å². The quantitative estimate of drug-likeness (QED) is 0.878. The molecule has 20 heavy (non-hydrogen) atoms. The minimum absolute atomic E-state index is 0.0174. The standard InChI is InChI=1S/C15H22N2O3/c1-17(10-11-4-3-5-12(8-11)19-2)15(18)14-7-6-13(9-16)20-14/h3-5,8,13-14H,6-7,9-10,16H2,1-2H3/t13-,14+/m1/s1. The highest BCUT2D eigenvalue weighted by Gasteiger charge is 2.31. The summed E-state index contributed by atoms with van der Waals surface area (Å²) in [6, 6.07) is 7.71. The number of carbonyl (C=O) groups is 1. The topological polar surface area (TPSA) is 64.8 Å². The van der Waals surface area contributed by atoms with Gasteiger partial charge < -0.3 is 20.1 Å². The van der Waals surface area contributed by atoms with E-state index in [1.807, 2.05) is 24.3 Å². The molecule has 2 rings (SSSR count). The van der Waals surface area contributed by atoms with Crippen LogP contribution in [0, 0.1) is 0 Å². The zero-order valence-corrected chi connectivity index (χ0v) is 12.0. The van der Waals surface area contributed by atoms with Crippen LogP contribution in [0.4, 0.5) is 0 Å². The molecule has 110 valence electrons. The van der Waals surface area contributed by atoms with Crippen molar-refractivity contribution in [1.82, 2.24) is 4.90 Å². The number of ether oxygens (including phenoxy) is 2. The maximum Gasteiger partial charge on any atom is 0.251 e. The number of likely N-dealkylation sites (N-methyl/N-ethyl adjacent to an activating group) is 1. The average Bonchev–Trinajstić information content (AvgIpc) is 2.95. The first-order chi connectivity index (χ1) is 9.63. The molecule has 0 aliphatic carbocycles. The van der Waals surface area contributed by atoms with Crippen LogP contribution in [0.5, 0.6) is 5.75 Å². The van der Waals surface area contributed by atoms with Gasteiger partial charge in [-0.1, -0.05) is 12.1 Å². The molecule has 5 heteroatoms. The van der Waals surface area contributed by atoms with Crippen molar-refractivity contribution in [3.05, 3.63) is 29.8 Å². The highest BCUT2D eigenvalue weighted by Crippen LogP contribution is 2.21. The minimum Gasteiger partial charge on any atom is -0.497 e. The van der Waals surface area contributed by atoms with E-state index in [0.29, 0.717) is 13.1 Å². The largest absolute Gasteiger partial charge is 0.497 e. The Balaban J connectivity index is 1.93. The van der Waals surface area contributed by atoms with E-state index >= 15 is 0 Å². The third-order valence-corrected chi connectivity index (χ3v) is 3.58. The van der Waals surface area contributed by atoms with Crippen LogP contribution in [0.25, 0.3) is 0 Å². The Morgan fingerprint density at radius 2 is 2.30 bits per heavy atom. The number of methoxy groups -OCH3 is 1. The third kappa shape index (κ3) is 3.49. The highest BCUT2D eigenvalue weighted by molar-refractivity contribution is 5.81. The summed E-state index contributed by atoms with van der Waals surface area (Å²) in [4.78, 5) is 14.0. The molecule has 0 spiro atoms. The fourth-order valence-corrected chi connectivity index (χ4v) is 2.43. The Kier molecular flexibility index (Phi) is 4.98. The van der Waals surface area contributed by atoms with Gasteiger partial charge in [-0.2, -0.15) is 0 Å². The van der Waals surface area contributed by atoms with E-state index in [1.165, 1.54) is 0 Å². The van der Waals surface area contributed by atoms with Gasteiger partial charge in [-0.25, -0.2) is 0 Å². The average molecular weight is 278 g/mol. The lowest BCUT2D eigenvalue weighted by Gasteiger charge is -2.21. The van der Waals surface area contributed by atoms with E-state index < -0.39 is 0 Å². The van der Waals surface area contributed by atoms with Crippen LogP contribution in [0.3, 0.4) is 0 Å². The van der Waals surface area contributed by atoms with Gasteiger partial charge in [-0.05, 0) is 30.5 Å². The van der Waals surface area contributed by atoms with Gasteiger partial charge in [0.05, 0.1) is 13.2 Å². The molecule has 1 fully saturated rings. The van der Waals surface area contributed by atoms with Gasteiger partial charge in [0.15, 0.2) is 0 Å². The molecule has 0 unspecified atom stereocenters. The monoisotopic (exact) mass is 278 g/mol. The second kappa shape index (κ2) is 6.72.